The number of anilines is 1. The SMILES string of the molecule is O=C(CN1C(=O)C2CCCCC2C1=O)Nc1cc(C2CCCC2)nn1-c1ccccc1. The maximum atomic E-state index is 12.9. The van der Waals surface area contributed by atoms with Crippen LogP contribution in [0, 0.1) is 11.8 Å². The first-order chi connectivity index (χ1) is 15.1. The number of hydrogen-bond acceptors (Lipinski definition) is 4. The number of likely N-dealkylation sites (tertiary alicyclic amines) is 1. The molecule has 1 aromatic carbocycles. The van der Waals surface area contributed by atoms with E-state index in [1.807, 2.05) is 36.4 Å². The molecule has 0 spiro atoms. The Bertz CT molecular complexity index is 970. The van der Waals surface area contributed by atoms with Crippen LogP contribution < -0.4 is 5.32 Å². The Morgan fingerprint density at radius 2 is 1.55 bits per heavy atom. The second-order valence-corrected chi connectivity index (χ2v) is 8.99. The normalized spacial score (nSPS) is 23.9. The number of para-hydroxylation sites is 1. The molecule has 162 valence electrons. The average molecular weight is 421 g/mol. The zero-order valence-electron chi connectivity index (χ0n) is 17.6. The topological polar surface area (TPSA) is 84.3 Å². The van der Waals surface area contributed by atoms with Crippen LogP contribution >= 0.6 is 0 Å². The highest BCUT2D eigenvalue weighted by Gasteiger charge is 2.48. The molecule has 1 saturated heterocycles. The van der Waals surface area contributed by atoms with E-state index in [9.17, 15) is 14.4 Å². The second-order valence-electron chi connectivity index (χ2n) is 8.99. The van der Waals surface area contributed by atoms with Gasteiger partial charge in [-0.3, -0.25) is 19.3 Å². The van der Waals surface area contributed by atoms with Gasteiger partial charge in [-0.15, -0.1) is 0 Å². The minimum Gasteiger partial charge on any atom is -0.309 e. The largest absolute Gasteiger partial charge is 0.309 e. The Balaban J connectivity index is 1.36. The van der Waals surface area contributed by atoms with Gasteiger partial charge in [-0.05, 0) is 37.8 Å². The van der Waals surface area contributed by atoms with Gasteiger partial charge >= 0.3 is 0 Å². The van der Waals surface area contributed by atoms with Crippen molar-refractivity contribution in [2.45, 2.75) is 57.3 Å². The highest BCUT2D eigenvalue weighted by molar-refractivity contribution is 6.08. The number of fused-ring (bicyclic) bond motifs is 1. The Kier molecular flexibility index (Phi) is 5.34. The van der Waals surface area contributed by atoms with Crippen LogP contribution in [0.5, 0.6) is 0 Å². The smallest absolute Gasteiger partial charge is 0.245 e. The zero-order valence-corrected chi connectivity index (χ0v) is 17.6. The first-order valence-electron chi connectivity index (χ1n) is 11.4. The predicted molar refractivity (Wildman–Crippen MR) is 116 cm³/mol. The number of rotatable bonds is 5. The molecule has 2 atom stereocenters. The summed E-state index contributed by atoms with van der Waals surface area (Å²) in [6.07, 6.45) is 8.06. The van der Waals surface area contributed by atoms with Crippen LogP contribution in [0.1, 0.15) is 63.0 Å². The van der Waals surface area contributed by atoms with Crippen molar-refractivity contribution in [1.82, 2.24) is 14.7 Å². The van der Waals surface area contributed by atoms with Gasteiger partial charge in [0.05, 0.1) is 23.2 Å². The van der Waals surface area contributed by atoms with E-state index < -0.39 is 0 Å². The Hall–Kier alpha value is -2.96. The fraction of sp³-hybridized carbons (Fsp3) is 0.500. The van der Waals surface area contributed by atoms with E-state index in [-0.39, 0.29) is 36.1 Å². The molecule has 7 heteroatoms. The van der Waals surface area contributed by atoms with Crippen molar-refractivity contribution >= 4 is 23.5 Å². The van der Waals surface area contributed by atoms with Gasteiger partial charge in [0.2, 0.25) is 17.7 Å². The maximum Gasteiger partial charge on any atom is 0.245 e. The van der Waals surface area contributed by atoms with Crippen molar-refractivity contribution in [3.63, 3.8) is 0 Å². The lowest BCUT2D eigenvalue weighted by molar-refractivity contribution is -0.142. The number of nitrogens with zero attached hydrogens (tertiary/aromatic N) is 3. The highest BCUT2D eigenvalue weighted by Crippen LogP contribution is 2.38. The first-order valence-corrected chi connectivity index (χ1v) is 11.4. The maximum absolute atomic E-state index is 12.9. The van der Waals surface area contributed by atoms with Gasteiger partial charge in [0.25, 0.3) is 0 Å². The molecular formula is C24H28N4O3. The van der Waals surface area contributed by atoms with E-state index in [1.54, 1.807) is 4.68 Å². The van der Waals surface area contributed by atoms with Crippen LogP contribution in [0.3, 0.4) is 0 Å². The minimum atomic E-state index is -0.365. The molecule has 7 nitrogen and oxygen atoms in total. The standard InChI is InChI=1S/C24H28N4O3/c29-22(15-27-23(30)18-12-6-7-13-19(18)24(27)31)25-21-14-20(16-8-4-5-9-16)26-28(21)17-10-2-1-3-11-17/h1-3,10-11,14,16,18-19H,4-9,12-13,15H2,(H,25,29). The third-order valence-electron chi connectivity index (χ3n) is 7.00. The summed E-state index contributed by atoms with van der Waals surface area (Å²) in [5, 5.41) is 7.71. The van der Waals surface area contributed by atoms with Crippen molar-refractivity contribution in [3.8, 4) is 5.69 Å². The summed E-state index contributed by atoms with van der Waals surface area (Å²) in [7, 11) is 0. The van der Waals surface area contributed by atoms with Gasteiger partial charge in [0, 0.05) is 12.0 Å². The van der Waals surface area contributed by atoms with Crippen LogP contribution in [-0.2, 0) is 14.4 Å². The van der Waals surface area contributed by atoms with Gasteiger partial charge in [0.1, 0.15) is 12.4 Å². The molecule has 2 unspecified atom stereocenters. The molecule has 2 saturated carbocycles. The van der Waals surface area contributed by atoms with Gasteiger partial charge < -0.3 is 5.32 Å². The van der Waals surface area contributed by atoms with Crippen molar-refractivity contribution in [2.24, 2.45) is 11.8 Å². The lowest BCUT2D eigenvalue weighted by atomic mass is 9.81. The molecular weight excluding hydrogens is 392 g/mol. The fourth-order valence-corrected chi connectivity index (χ4v) is 5.39. The van der Waals surface area contributed by atoms with Crippen molar-refractivity contribution in [1.29, 1.82) is 0 Å². The molecule has 2 aromatic rings. The molecule has 2 heterocycles. The second kappa shape index (κ2) is 8.29. The highest BCUT2D eigenvalue weighted by atomic mass is 16.2. The summed E-state index contributed by atoms with van der Waals surface area (Å²) < 4.78 is 1.75. The van der Waals surface area contributed by atoms with Crippen molar-refractivity contribution in [2.75, 3.05) is 11.9 Å². The number of hydrogen-bond donors (Lipinski definition) is 1. The zero-order chi connectivity index (χ0) is 21.4. The molecule has 0 radical (unpaired) electrons. The number of amides is 3. The lowest BCUT2D eigenvalue weighted by Gasteiger charge is -2.19. The fourth-order valence-electron chi connectivity index (χ4n) is 5.39. The van der Waals surface area contributed by atoms with E-state index in [0.717, 1.165) is 54.8 Å². The van der Waals surface area contributed by atoms with Crippen LogP contribution in [0.2, 0.25) is 0 Å². The summed E-state index contributed by atoms with van der Waals surface area (Å²) in [5.41, 5.74) is 1.84. The van der Waals surface area contributed by atoms with E-state index in [0.29, 0.717) is 11.7 Å². The molecule has 3 aliphatic rings. The summed E-state index contributed by atoms with van der Waals surface area (Å²) in [6.45, 7) is -0.233. The van der Waals surface area contributed by atoms with E-state index in [2.05, 4.69) is 5.32 Å². The molecule has 2 aliphatic carbocycles. The summed E-state index contributed by atoms with van der Waals surface area (Å²) in [5.74, 6) is -0.229. The lowest BCUT2D eigenvalue weighted by Crippen LogP contribution is -2.38. The molecule has 3 amide bonds. The number of carbonyl (C=O) groups excluding carboxylic acids is 3. The molecule has 1 aliphatic heterocycles. The van der Waals surface area contributed by atoms with E-state index >= 15 is 0 Å². The number of carbonyl (C=O) groups is 3. The Morgan fingerprint density at radius 3 is 2.19 bits per heavy atom. The van der Waals surface area contributed by atoms with E-state index in [4.69, 9.17) is 5.10 Å². The first kappa shape index (κ1) is 20.0. The molecule has 31 heavy (non-hydrogen) atoms. The molecule has 1 N–H and O–H groups in total. The average Bonchev–Trinajstić information content (AvgIpc) is 3.51. The molecule has 5 rings (SSSR count). The number of aromatic nitrogens is 2. The molecule has 3 fully saturated rings. The minimum absolute atomic E-state index is 0.187. The van der Waals surface area contributed by atoms with Crippen molar-refractivity contribution in [3.05, 3.63) is 42.1 Å². The van der Waals surface area contributed by atoms with Gasteiger partial charge in [0.15, 0.2) is 0 Å². The third-order valence-corrected chi connectivity index (χ3v) is 7.00. The van der Waals surface area contributed by atoms with Crippen LogP contribution in [0.25, 0.3) is 5.69 Å². The number of imide groups is 1. The molecule has 1 aromatic heterocycles. The number of benzene rings is 1. The predicted octanol–water partition coefficient (Wildman–Crippen LogP) is 3.64. The quantitative estimate of drug-likeness (QED) is 0.749. The third kappa shape index (κ3) is 3.77. The van der Waals surface area contributed by atoms with Crippen LogP contribution in [-0.4, -0.2) is 38.9 Å². The van der Waals surface area contributed by atoms with Crippen LogP contribution in [0.4, 0.5) is 5.82 Å². The van der Waals surface area contributed by atoms with E-state index in [1.165, 1.54) is 12.8 Å². The van der Waals surface area contributed by atoms with Crippen LogP contribution in [0.15, 0.2) is 36.4 Å². The summed E-state index contributed by atoms with van der Waals surface area (Å²) >= 11 is 0. The van der Waals surface area contributed by atoms with Gasteiger partial charge in [-0.2, -0.15) is 5.10 Å². The molecule has 0 bridgehead atoms. The van der Waals surface area contributed by atoms with Gasteiger partial charge in [-0.1, -0.05) is 43.9 Å². The number of nitrogens with one attached hydrogen (secondary N) is 1. The summed E-state index contributed by atoms with van der Waals surface area (Å²) in [6, 6.07) is 11.6. The van der Waals surface area contributed by atoms with Crippen molar-refractivity contribution < 1.29 is 14.4 Å². The van der Waals surface area contributed by atoms with Gasteiger partial charge in [-0.25, -0.2) is 4.68 Å². The Labute approximate surface area is 181 Å². The Morgan fingerprint density at radius 1 is 0.935 bits per heavy atom. The summed E-state index contributed by atoms with van der Waals surface area (Å²) in [4.78, 5) is 39.5. The monoisotopic (exact) mass is 420 g/mol.